The van der Waals surface area contributed by atoms with Crippen molar-refractivity contribution in [3.63, 3.8) is 0 Å². The van der Waals surface area contributed by atoms with Crippen LogP contribution in [0.3, 0.4) is 0 Å². The summed E-state index contributed by atoms with van der Waals surface area (Å²) in [6, 6.07) is 5.92. The summed E-state index contributed by atoms with van der Waals surface area (Å²) < 4.78 is 10.4. The third kappa shape index (κ3) is 3.50. The lowest BCUT2D eigenvalue weighted by Crippen LogP contribution is -2.37. The van der Waals surface area contributed by atoms with Gasteiger partial charge in [0.1, 0.15) is 18.7 Å². The number of aromatic nitrogens is 1. The average molecular weight is 331 g/mol. The van der Waals surface area contributed by atoms with Gasteiger partial charge in [0, 0.05) is 0 Å². The summed E-state index contributed by atoms with van der Waals surface area (Å²) in [5, 5.41) is 2.71. The van der Waals surface area contributed by atoms with Crippen LogP contribution in [0.4, 0.5) is 4.79 Å². The van der Waals surface area contributed by atoms with Crippen LogP contribution in [0.1, 0.15) is 32.2 Å². The molecule has 0 bridgehead atoms. The third-order valence-electron chi connectivity index (χ3n) is 3.91. The summed E-state index contributed by atoms with van der Waals surface area (Å²) in [6.07, 6.45) is -0.457. The molecular weight excluding hydrogens is 310 g/mol. The lowest BCUT2D eigenvalue weighted by molar-refractivity contribution is -0.121. The highest BCUT2D eigenvalue weighted by atomic mass is 16.6. The summed E-state index contributed by atoms with van der Waals surface area (Å²) in [4.78, 5) is 29.0. The highest BCUT2D eigenvalue weighted by molar-refractivity contribution is 5.82. The Morgan fingerprint density at radius 1 is 1.38 bits per heavy atom. The molecule has 7 heteroatoms. The molecule has 7 nitrogen and oxygen atoms in total. The molecule has 128 valence electrons. The zero-order chi connectivity index (χ0) is 17.3. The van der Waals surface area contributed by atoms with Gasteiger partial charge >= 0.3 is 6.09 Å². The van der Waals surface area contributed by atoms with Gasteiger partial charge in [0.2, 0.25) is 11.8 Å². The molecule has 1 aromatic heterocycles. The fourth-order valence-corrected chi connectivity index (χ4v) is 2.49. The van der Waals surface area contributed by atoms with Gasteiger partial charge in [-0.15, -0.1) is 0 Å². The Bertz CT molecular complexity index is 776. The molecule has 1 aliphatic heterocycles. The zero-order valence-corrected chi connectivity index (χ0v) is 14.1. The second kappa shape index (κ2) is 6.14. The Morgan fingerprint density at radius 2 is 2.17 bits per heavy atom. The van der Waals surface area contributed by atoms with Crippen molar-refractivity contribution in [2.45, 2.75) is 32.7 Å². The second-order valence-corrected chi connectivity index (χ2v) is 6.85. The smallest absolute Gasteiger partial charge is 0.410 e. The van der Waals surface area contributed by atoms with Gasteiger partial charge in [-0.05, 0) is 23.1 Å². The number of ether oxygens (including phenoxy) is 1. The van der Waals surface area contributed by atoms with Gasteiger partial charge in [0.25, 0.3) is 0 Å². The number of hydrogen-bond acceptors (Lipinski definition) is 5. The predicted molar refractivity (Wildman–Crippen MR) is 87.5 cm³/mol. The Kier molecular flexibility index (Phi) is 4.17. The molecule has 3 rings (SSSR count). The summed E-state index contributed by atoms with van der Waals surface area (Å²) in [5.41, 5.74) is 2.67. The van der Waals surface area contributed by atoms with Gasteiger partial charge in [-0.3, -0.25) is 9.69 Å². The van der Waals surface area contributed by atoms with Crippen LogP contribution in [0, 0.1) is 0 Å². The number of carbonyl (C=O) groups is 2. The highest BCUT2D eigenvalue weighted by Crippen LogP contribution is 2.26. The largest absolute Gasteiger partial charge is 0.448 e. The number of fused-ring (bicyclic) bond motifs is 1. The lowest BCUT2D eigenvalue weighted by Gasteiger charge is -2.18. The molecule has 0 radical (unpaired) electrons. The van der Waals surface area contributed by atoms with Gasteiger partial charge in [0.15, 0.2) is 5.58 Å². The van der Waals surface area contributed by atoms with Crippen LogP contribution in [0.25, 0.3) is 11.1 Å². The molecule has 2 amide bonds. The quantitative estimate of drug-likeness (QED) is 0.928. The van der Waals surface area contributed by atoms with Gasteiger partial charge in [0.05, 0.1) is 13.1 Å². The molecular formula is C17H21N3O4. The molecule has 2 aromatic rings. The summed E-state index contributed by atoms with van der Waals surface area (Å²) in [6.45, 7) is 7.34. The van der Waals surface area contributed by atoms with E-state index in [9.17, 15) is 9.59 Å². The number of cyclic esters (lactones) is 1. The number of carbonyl (C=O) groups excluding carboxylic acids is 2. The number of benzene rings is 1. The number of hydrogen-bond donors (Lipinski definition) is 1. The molecule has 1 N–H and O–H groups in total. The topological polar surface area (TPSA) is 84.7 Å². The van der Waals surface area contributed by atoms with Crippen LogP contribution < -0.4 is 5.32 Å². The van der Waals surface area contributed by atoms with Crippen molar-refractivity contribution < 1.29 is 18.7 Å². The van der Waals surface area contributed by atoms with Gasteiger partial charge in [-0.2, -0.15) is 0 Å². The van der Waals surface area contributed by atoms with E-state index < -0.39 is 6.09 Å². The van der Waals surface area contributed by atoms with Crippen LogP contribution in [0.5, 0.6) is 0 Å². The summed E-state index contributed by atoms with van der Waals surface area (Å²) in [7, 11) is 0. The molecule has 0 aliphatic carbocycles. The maximum Gasteiger partial charge on any atom is 0.410 e. The molecule has 1 fully saturated rings. The van der Waals surface area contributed by atoms with E-state index in [4.69, 9.17) is 9.15 Å². The van der Waals surface area contributed by atoms with E-state index in [1.807, 2.05) is 18.2 Å². The lowest BCUT2D eigenvalue weighted by atomic mass is 9.87. The first-order valence-electron chi connectivity index (χ1n) is 7.91. The van der Waals surface area contributed by atoms with Crippen molar-refractivity contribution in [2.24, 2.45) is 0 Å². The number of oxazole rings is 1. The summed E-state index contributed by atoms with van der Waals surface area (Å²) >= 11 is 0. The number of nitrogens with zero attached hydrogens (tertiary/aromatic N) is 2. The van der Waals surface area contributed by atoms with E-state index in [1.165, 1.54) is 10.5 Å². The first-order valence-corrected chi connectivity index (χ1v) is 7.91. The minimum Gasteiger partial charge on any atom is -0.448 e. The van der Waals surface area contributed by atoms with E-state index >= 15 is 0 Å². The molecule has 1 aromatic carbocycles. The first-order chi connectivity index (χ1) is 11.3. The molecule has 0 spiro atoms. The van der Waals surface area contributed by atoms with Gasteiger partial charge in [-0.1, -0.05) is 26.8 Å². The van der Waals surface area contributed by atoms with E-state index in [0.717, 1.165) is 5.52 Å². The average Bonchev–Trinajstić information content (AvgIpc) is 3.09. The maximum absolute atomic E-state index is 11.9. The van der Waals surface area contributed by atoms with Crippen molar-refractivity contribution in [1.82, 2.24) is 15.2 Å². The van der Waals surface area contributed by atoms with Crippen LogP contribution >= 0.6 is 0 Å². The van der Waals surface area contributed by atoms with Crippen LogP contribution in [0.15, 0.2) is 22.6 Å². The maximum atomic E-state index is 11.9. The monoisotopic (exact) mass is 331 g/mol. The Labute approximate surface area is 140 Å². The molecule has 2 heterocycles. The third-order valence-corrected chi connectivity index (χ3v) is 3.91. The predicted octanol–water partition coefficient (Wildman–Crippen LogP) is 2.19. The standard InChI is InChI=1S/C17H21N3O4/c1-17(2,3)11-4-5-13-12(8-11)19-15(24-13)9-18-14(21)10-20-6-7-23-16(20)22/h4-5,8H,6-7,9-10H2,1-3H3,(H,18,21). The molecule has 1 aliphatic rings. The van der Waals surface area contributed by atoms with Crippen molar-refractivity contribution in [2.75, 3.05) is 19.7 Å². The van der Waals surface area contributed by atoms with Crippen LogP contribution in [-0.4, -0.2) is 41.6 Å². The van der Waals surface area contributed by atoms with E-state index in [2.05, 4.69) is 31.1 Å². The van der Waals surface area contributed by atoms with Gasteiger partial charge in [-0.25, -0.2) is 9.78 Å². The van der Waals surface area contributed by atoms with Crippen LogP contribution in [0.2, 0.25) is 0 Å². The second-order valence-electron chi connectivity index (χ2n) is 6.85. The SMILES string of the molecule is CC(C)(C)c1ccc2oc(CNC(=O)CN3CCOC3=O)nc2c1. The van der Waals surface area contributed by atoms with E-state index in [-0.39, 0.29) is 24.4 Å². The number of rotatable bonds is 4. The van der Waals surface area contributed by atoms with Gasteiger partial charge < -0.3 is 14.5 Å². The van der Waals surface area contributed by atoms with Crippen molar-refractivity contribution >= 4 is 23.1 Å². The van der Waals surface area contributed by atoms with Crippen molar-refractivity contribution in [1.29, 1.82) is 0 Å². The van der Waals surface area contributed by atoms with E-state index in [0.29, 0.717) is 24.6 Å². The number of nitrogens with one attached hydrogen (secondary N) is 1. The fourth-order valence-electron chi connectivity index (χ4n) is 2.49. The first kappa shape index (κ1) is 16.3. The molecule has 24 heavy (non-hydrogen) atoms. The van der Waals surface area contributed by atoms with E-state index in [1.54, 1.807) is 0 Å². The Hall–Kier alpha value is -2.57. The Balaban J connectivity index is 1.63. The highest BCUT2D eigenvalue weighted by Gasteiger charge is 2.24. The number of amides is 2. The Morgan fingerprint density at radius 3 is 2.83 bits per heavy atom. The normalized spacial score (nSPS) is 15.0. The molecule has 1 saturated heterocycles. The fraction of sp³-hybridized carbons (Fsp3) is 0.471. The van der Waals surface area contributed by atoms with Crippen molar-refractivity contribution in [3.8, 4) is 0 Å². The molecule has 0 saturated carbocycles. The molecule has 0 atom stereocenters. The van der Waals surface area contributed by atoms with Crippen LogP contribution in [-0.2, 0) is 21.5 Å². The molecule has 0 unspecified atom stereocenters. The minimum atomic E-state index is -0.457. The summed E-state index contributed by atoms with van der Waals surface area (Å²) in [5.74, 6) is 0.167. The zero-order valence-electron chi connectivity index (χ0n) is 14.1. The minimum absolute atomic E-state index is 0.0206. The van der Waals surface area contributed by atoms with Crippen molar-refractivity contribution in [3.05, 3.63) is 29.7 Å².